The lowest BCUT2D eigenvalue weighted by molar-refractivity contribution is 0.373. The van der Waals surface area contributed by atoms with Crippen LogP contribution in [0.15, 0.2) is 30.6 Å². The molecule has 0 aliphatic heterocycles. The van der Waals surface area contributed by atoms with Gasteiger partial charge in [-0.2, -0.15) is 0 Å². The maximum Gasteiger partial charge on any atom is 0.224 e. The van der Waals surface area contributed by atoms with Crippen LogP contribution in [0.3, 0.4) is 0 Å². The third-order valence-corrected chi connectivity index (χ3v) is 2.73. The minimum Gasteiger partial charge on any atom is -0.493 e. The van der Waals surface area contributed by atoms with Gasteiger partial charge in [0.25, 0.3) is 0 Å². The number of hydrogen-bond donors (Lipinski definition) is 1. The SMILES string of the molecule is CCCNc1cc(Oc2ccc(C)cc2OC)ncn1. The molecule has 2 aromatic rings. The molecule has 0 atom stereocenters. The molecule has 0 aliphatic carbocycles. The highest BCUT2D eigenvalue weighted by Gasteiger charge is 2.07. The highest BCUT2D eigenvalue weighted by molar-refractivity contribution is 5.45. The summed E-state index contributed by atoms with van der Waals surface area (Å²) in [6.45, 7) is 4.97. The van der Waals surface area contributed by atoms with E-state index in [2.05, 4.69) is 22.2 Å². The van der Waals surface area contributed by atoms with Crippen LogP contribution in [0, 0.1) is 6.92 Å². The summed E-state index contributed by atoms with van der Waals surface area (Å²) in [6, 6.07) is 7.53. The highest BCUT2D eigenvalue weighted by Crippen LogP contribution is 2.31. The maximum absolute atomic E-state index is 5.76. The predicted molar refractivity (Wildman–Crippen MR) is 78.6 cm³/mol. The molecule has 0 saturated heterocycles. The molecule has 106 valence electrons. The van der Waals surface area contributed by atoms with Crippen molar-refractivity contribution >= 4 is 5.82 Å². The number of anilines is 1. The van der Waals surface area contributed by atoms with Crippen molar-refractivity contribution < 1.29 is 9.47 Å². The van der Waals surface area contributed by atoms with E-state index in [1.54, 1.807) is 13.2 Å². The van der Waals surface area contributed by atoms with Crippen LogP contribution in [0.5, 0.6) is 17.4 Å². The number of nitrogens with one attached hydrogen (secondary N) is 1. The Bertz CT molecular complexity index is 573. The van der Waals surface area contributed by atoms with Crippen LogP contribution in [-0.2, 0) is 0 Å². The van der Waals surface area contributed by atoms with E-state index in [1.165, 1.54) is 6.33 Å². The Morgan fingerprint density at radius 3 is 2.75 bits per heavy atom. The molecule has 1 aromatic heterocycles. The summed E-state index contributed by atoms with van der Waals surface area (Å²) < 4.78 is 11.1. The van der Waals surface area contributed by atoms with Crippen LogP contribution < -0.4 is 14.8 Å². The van der Waals surface area contributed by atoms with Gasteiger partial charge in [0, 0.05) is 12.6 Å². The zero-order chi connectivity index (χ0) is 14.4. The summed E-state index contributed by atoms with van der Waals surface area (Å²) in [6.07, 6.45) is 2.51. The molecule has 5 nitrogen and oxygen atoms in total. The molecule has 1 N–H and O–H groups in total. The molecular weight excluding hydrogens is 254 g/mol. The van der Waals surface area contributed by atoms with E-state index in [0.717, 1.165) is 24.3 Å². The van der Waals surface area contributed by atoms with Gasteiger partial charge in [-0.25, -0.2) is 9.97 Å². The Labute approximate surface area is 119 Å². The van der Waals surface area contributed by atoms with Crippen LogP contribution in [0.25, 0.3) is 0 Å². The molecule has 0 saturated carbocycles. The number of aryl methyl sites for hydroxylation is 1. The van der Waals surface area contributed by atoms with E-state index in [4.69, 9.17) is 9.47 Å². The predicted octanol–water partition coefficient (Wildman–Crippen LogP) is 3.41. The summed E-state index contributed by atoms with van der Waals surface area (Å²) in [4.78, 5) is 8.25. The van der Waals surface area contributed by atoms with Crippen molar-refractivity contribution in [3.63, 3.8) is 0 Å². The number of hydrogen-bond acceptors (Lipinski definition) is 5. The average molecular weight is 273 g/mol. The molecule has 2 rings (SSSR count). The van der Waals surface area contributed by atoms with E-state index in [0.29, 0.717) is 17.4 Å². The van der Waals surface area contributed by atoms with Gasteiger partial charge in [0.15, 0.2) is 11.5 Å². The average Bonchev–Trinajstić information content (AvgIpc) is 2.47. The second-order valence-corrected chi connectivity index (χ2v) is 4.42. The van der Waals surface area contributed by atoms with Crippen molar-refractivity contribution in [1.82, 2.24) is 9.97 Å². The summed E-state index contributed by atoms with van der Waals surface area (Å²) in [5.41, 5.74) is 1.11. The number of methoxy groups -OCH3 is 1. The third kappa shape index (κ3) is 3.60. The third-order valence-electron chi connectivity index (χ3n) is 2.73. The highest BCUT2D eigenvalue weighted by atomic mass is 16.5. The smallest absolute Gasteiger partial charge is 0.224 e. The quantitative estimate of drug-likeness (QED) is 0.874. The first-order valence-corrected chi connectivity index (χ1v) is 6.61. The first-order valence-electron chi connectivity index (χ1n) is 6.61. The lowest BCUT2D eigenvalue weighted by Crippen LogP contribution is -2.02. The van der Waals surface area contributed by atoms with Gasteiger partial charge in [-0.1, -0.05) is 13.0 Å². The molecule has 20 heavy (non-hydrogen) atoms. The summed E-state index contributed by atoms with van der Waals surface area (Å²) in [5.74, 6) is 2.56. The van der Waals surface area contributed by atoms with Gasteiger partial charge in [0.05, 0.1) is 7.11 Å². The standard InChI is InChI=1S/C15H19N3O2/c1-4-7-16-14-9-15(18-10-17-14)20-12-6-5-11(2)8-13(12)19-3/h5-6,8-10H,4,7H2,1-3H3,(H,16,17,18). The Balaban J connectivity index is 2.17. The molecule has 5 heteroatoms. The fourth-order valence-electron chi connectivity index (χ4n) is 1.72. The van der Waals surface area contributed by atoms with Crippen molar-refractivity contribution in [2.75, 3.05) is 19.0 Å². The first kappa shape index (κ1) is 14.1. The van der Waals surface area contributed by atoms with Gasteiger partial charge in [-0.3, -0.25) is 0 Å². The van der Waals surface area contributed by atoms with Crippen molar-refractivity contribution in [2.45, 2.75) is 20.3 Å². The minimum absolute atomic E-state index is 0.487. The molecular formula is C15H19N3O2. The van der Waals surface area contributed by atoms with E-state index in [9.17, 15) is 0 Å². The lowest BCUT2D eigenvalue weighted by atomic mass is 10.2. The second kappa shape index (κ2) is 6.75. The minimum atomic E-state index is 0.487. The monoisotopic (exact) mass is 273 g/mol. The van der Waals surface area contributed by atoms with E-state index in [1.807, 2.05) is 25.1 Å². The Kier molecular flexibility index (Phi) is 4.76. The van der Waals surface area contributed by atoms with Gasteiger partial charge in [-0.05, 0) is 31.0 Å². The van der Waals surface area contributed by atoms with Crippen LogP contribution in [0.2, 0.25) is 0 Å². The number of aromatic nitrogens is 2. The van der Waals surface area contributed by atoms with Gasteiger partial charge in [0.2, 0.25) is 5.88 Å². The Morgan fingerprint density at radius 2 is 2.00 bits per heavy atom. The van der Waals surface area contributed by atoms with E-state index < -0.39 is 0 Å². The zero-order valence-electron chi connectivity index (χ0n) is 12.0. The van der Waals surface area contributed by atoms with Crippen molar-refractivity contribution in [3.05, 3.63) is 36.2 Å². The Morgan fingerprint density at radius 1 is 1.15 bits per heavy atom. The fourth-order valence-corrected chi connectivity index (χ4v) is 1.72. The molecule has 1 aromatic carbocycles. The summed E-state index contributed by atoms with van der Waals surface area (Å²) in [7, 11) is 1.62. The van der Waals surface area contributed by atoms with Gasteiger partial charge in [0.1, 0.15) is 12.1 Å². The second-order valence-electron chi connectivity index (χ2n) is 4.42. The summed E-state index contributed by atoms with van der Waals surface area (Å²) in [5, 5.41) is 3.20. The molecule has 0 aliphatic rings. The molecule has 0 spiro atoms. The normalized spacial score (nSPS) is 10.2. The first-order chi connectivity index (χ1) is 9.72. The zero-order valence-corrected chi connectivity index (χ0v) is 12.0. The molecule has 1 heterocycles. The molecule has 0 fully saturated rings. The number of ether oxygens (including phenoxy) is 2. The number of nitrogens with zero attached hydrogens (tertiary/aromatic N) is 2. The number of benzene rings is 1. The van der Waals surface area contributed by atoms with Gasteiger partial charge in [-0.15, -0.1) is 0 Å². The largest absolute Gasteiger partial charge is 0.493 e. The van der Waals surface area contributed by atoms with Crippen molar-refractivity contribution in [2.24, 2.45) is 0 Å². The maximum atomic E-state index is 5.76. The topological polar surface area (TPSA) is 56.3 Å². The van der Waals surface area contributed by atoms with E-state index in [-0.39, 0.29) is 0 Å². The van der Waals surface area contributed by atoms with Crippen LogP contribution in [-0.4, -0.2) is 23.6 Å². The molecule has 0 bridgehead atoms. The van der Waals surface area contributed by atoms with Crippen molar-refractivity contribution in [3.8, 4) is 17.4 Å². The molecule has 0 amide bonds. The van der Waals surface area contributed by atoms with Crippen LogP contribution >= 0.6 is 0 Å². The van der Waals surface area contributed by atoms with Crippen LogP contribution in [0.1, 0.15) is 18.9 Å². The van der Waals surface area contributed by atoms with Gasteiger partial charge >= 0.3 is 0 Å². The Hall–Kier alpha value is -2.30. The fraction of sp³-hybridized carbons (Fsp3) is 0.333. The molecule has 0 radical (unpaired) electrons. The van der Waals surface area contributed by atoms with Crippen molar-refractivity contribution in [1.29, 1.82) is 0 Å². The number of rotatable bonds is 6. The lowest BCUT2D eigenvalue weighted by Gasteiger charge is -2.11. The van der Waals surface area contributed by atoms with E-state index >= 15 is 0 Å². The van der Waals surface area contributed by atoms with Crippen LogP contribution in [0.4, 0.5) is 5.82 Å². The van der Waals surface area contributed by atoms with Gasteiger partial charge < -0.3 is 14.8 Å². The molecule has 0 unspecified atom stereocenters. The summed E-state index contributed by atoms with van der Waals surface area (Å²) >= 11 is 0.